The van der Waals surface area contributed by atoms with Crippen LogP contribution in [0.1, 0.15) is 23.6 Å². The average molecular weight is 234 g/mol. The molecular formula is C17H14O. The van der Waals surface area contributed by atoms with Gasteiger partial charge in [0.1, 0.15) is 5.58 Å². The zero-order valence-electron chi connectivity index (χ0n) is 10.6. The van der Waals surface area contributed by atoms with Crippen LogP contribution in [0.3, 0.4) is 0 Å². The predicted octanol–water partition coefficient (Wildman–Crippen LogP) is 4.85. The van der Waals surface area contributed by atoms with Crippen LogP contribution in [0.15, 0.2) is 41.0 Å². The lowest BCUT2D eigenvalue weighted by atomic mass is 9.88. The maximum atomic E-state index is 5.74. The van der Waals surface area contributed by atoms with Gasteiger partial charge in [-0.1, -0.05) is 24.3 Å². The SMILES string of the molecule is CC1=CCc2c3c(C)cccc3cc3occ1c23. The number of furan rings is 1. The summed E-state index contributed by atoms with van der Waals surface area (Å²) in [5.41, 5.74) is 6.38. The van der Waals surface area contributed by atoms with Crippen molar-refractivity contribution >= 4 is 27.3 Å². The molecule has 0 atom stereocenters. The molecule has 0 N–H and O–H groups in total. The molecule has 2 aromatic carbocycles. The zero-order chi connectivity index (χ0) is 12.3. The van der Waals surface area contributed by atoms with Crippen LogP contribution >= 0.6 is 0 Å². The van der Waals surface area contributed by atoms with Crippen LogP contribution in [-0.4, -0.2) is 0 Å². The monoisotopic (exact) mass is 234 g/mol. The van der Waals surface area contributed by atoms with Crippen molar-refractivity contribution < 1.29 is 4.42 Å². The lowest BCUT2D eigenvalue weighted by molar-refractivity contribution is 0.615. The zero-order valence-corrected chi connectivity index (χ0v) is 10.6. The molecule has 1 aliphatic rings. The molecule has 1 heterocycles. The van der Waals surface area contributed by atoms with E-state index in [0.717, 1.165) is 12.0 Å². The standard InChI is InChI=1S/C17H14O/c1-10-6-7-13-16-11(2)4-3-5-12(16)8-15-17(13)14(10)9-18-15/h3-6,8-9H,7H2,1-2H3. The number of aryl methyl sites for hydroxylation is 1. The Bertz CT molecular complexity index is 818. The Hall–Kier alpha value is -2.02. The van der Waals surface area contributed by atoms with Crippen LogP contribution in [0.5, 0.6) is 0 Å². The van der Waals surface area contributed by atoms with Gasteiger partial charge in [-0.25, -0.2) is 0 Å². The van der Waals surface area contributed by atoms with E-state index >= 15 is 0 Å². The molecule has 0 saturated carbocycles. The molecule has 3 aromatic rings. The van der Waals surface area contributed by atoms with E-state index in [9.17, 15) is 0 Å². The van der Waals surface area contributed by atoms with E-state index in [4.69, 9.17) is 4.42 Å². The molecule has 0 aliphatic heterocycles. The Kier molecular flexibility index (Phi) is 1.80. The minimum Gasteiger partial charge on any atom is -0.464 e. The molecule has 1 heteroatoms. The Morgan fingerprint density at radius 3 is 2.89 bits per heavy atom. The quantitative estimate of drug-likeness (QED) is 0.541. The third-order valence-corrected chi connectivity index (χ3v) is 4.05. The largest absolute Gasteiger partial charge is 0.464 e. The van der Waals surface area contributed by atoms with Crippen LogP contribution in [0.25, 0.3) is 27.3 Å². The molecule has 0 fully saturated rings. The summed E-state index contributed by atoms with van der Waals surface area (Å²) < 4.78 is 5.74. The second-order valence-corrected chi connectivity index (χ2v) is 5.14. The van der Waals surface area contributed by atoms with Crippen LogP contribution in [0.2, 0.25) is 0 Å². The van der Waals surface area contributed by atoms with Gasteiger partial charge < -0.3 is 4.42 Å². The van der Waals surface area contributed by atoms with Gasteiger partial charge in [-0.15, -0.1) is 0 Å². The number of rotatable bonds is 0. The van der Waals surface area contributed by atoms with Gasteiger partial charge in [-0.2, -0.15) is 0 Å². The van der Waals surface area contributed by atoms with Crippen molar-refractivity contribution in [1.29, 1.82) is 0 Å². The predicted molar refractivity (Wildman–Crippen MR) is 75.8 cm³/mol. The average Bonchev–Trinajstić information content (AvgIpc) is 2.78. The molecule has 1 nitrogen and oxygen atoms in total. The molecule has 1 aliphatic carbocycles. The second-order valence-electron chi connectivity index (χ2n) is 5.14. The van der Waals surface area contributed by atoms with Crippen LogP contribution in [0, 0.1) is 6.92 Å². The van der Waals surface area contributed by atoms with Crippen molar-refractivity contribution in [2.24, 2.45) is 0 Å². The van der Waals surface area contributed by atoms with Gasteiger partial charge >= 0.3 is 0 Å². The third-order valence-electron chi connectivity index (χ3n) is 4.05. The third kappa shape index (κ3) is 1.11. The second kappa shape index (κ2) is 3.26. The first-order valence-corrected chi connectivity index (χ1v) is 6.35. The molecule has 4 rings (SSSR count). The smallest absolute Gasteiger partial charge is 0.135 e. The maximum absolute atomic E-state index is 5.74. The first-order valence-electron chi connectivity index (χ1n) is 6.35. The van der Waals surface area contributed by atoms with Crippen LogP contribution in [-0.2, 0) is 6.42 Å². The molecule has 0 radical (unpaired) electrons. The van der Waals surface area contributed by atoms with Gasteiger partial charge in [0.05, 0.1) is 6.26 Å². The highest BCUT2D eigenvalue weighted by molar-refractivity contribution is 6.07. The summed E-state index contributed by atoms with van der Waals surface area (Å²) in [6, 6.07) is 8.65. The molecule has 1 aromatic heterocycles. The van der Waals surface area contributed by atoms with E-state index in [1.165, 1.54) is 38.4 Å². The first kappa shape index (κ1) is 9.95. The fourth-order valence-electron chi connectivity index (χ4n) is 3.14. The lowest BCUT2D eigenvalue weighted by Gasteiger charge is -2.14. The van der Waals surface area contributed by atoms with Gasteiger partial charge in [0.15, 0.2) is 0 Å². The van der Waals surface area contributed by atoms with Crippen molar-refractivity contribution in [2.45, 2.75) is 20.3 Å². The highest BCUT2D eigenvalue weighted by atomic mass is 16.3. The Labute approximate surface area is 106 Å². The lowest BCUT2D eigenvalue weighted by Crippen LogP contribution is -1.96. The first-order chi connectivity index (χ1) is 8.75. The van der Waals surface area contributed by atoms with Crippen molar-refractivity contribution in [3.05, 3.63) is 53.3 Å². The molecule has 0 spiro atoms. The number of fused-ring (bicyclic) bond motifs is 2. The summed E-state index contributed by atoms with van der Waals surface area (Å²) in [5.74, 6) is 0. The fourth-order valence-corrected chi connectivity index (χ4v) is 3.14. The van der Waals surface area contributed by atoms with Crippen molar-refractivity contribution in [2.75, 3.05) is 0 Å². The van der Waals surface area contributed by atoms with Crippen LogP contribution < -0.4 is 0 Å². The summed E-state index contributed by atoms with van der Waals surface area (Å²) in [6.07, 6.45) is 5.21. The Balaban J connectivity index is 2.30. The number of hydrogen-bond donors (Lipinski definition) is 0. The summed E-state index contributed by atoms with van der Waals surface area (Å²) in [6.45, 7) is 4.35. The van der Waals surface area contributed by atoms with E-state index in [2.05, 4.69) is 44.2 Å². The van der Waals surface area contributed by atoms with E-state index in [1.54, 1.807) is 0 Å². The van der Waals surface area contributed by atoms with Gasteiger partial charge in [0.25, 0.3) is 0 Å². The number of hydrogen-bond acceptors (Lipinski definition) is 1. The van der Waals surface area contributed by atoms with Gasteiger partial charge in [0.2, 0.25) is 0 Å². The minimum atomic E-state index is 1.01. The molecule has 0 unspecified atom stereocenters. The van der Waals surface area contributed by atoms with Crippen LogP contribution in [0.4, 0.5) is 0 Å². The van der Waals surface area contributed by atoms with Gasteiger partial charge in [-0.05, 0) is 53.8 Å². The van der Waals surface area contributed by atoms with Gasteiger partial charge in [0, 0.05) is 10.9 Å². The summed E-state index contributed by atoms with van der Waals surface area (Å²) in [4.78, 5) is 0. The Morgan fingerprint density at radius 2 is 2.00 bits per heavy atom. The normalized spacial score (nSPS) is 14.2. The highest BCUT2D eigenvalue weighted by Crippen LogP contribution is 2.39. The molecule has 0 amide bonds. The van der Waals surface area contributed by atoms with Crippen molar-refractivity contribution in [1.82, 2.24) is 0 Å². The molecule has 0 bridgehead atoms. The number of benzene rings is 2. The van der Waals surface area contributed by atoms with Gasteiger partial charge in [-0.3, -0.25) is 0 Å². The highest BCUT2D eigenvalue weighted by Gasteiger charge is 2.18. The minimum absolute atomic E-state index is 1.01. The summed E-state index contributed by atoms with van der Waals surface area (Å²) in [7, 11) is 0. The molecular weight excluding hydrogens is 220 g/mol. The molecule has 18 heavy (non-hydrogen) atoms. The van der Waals surface area contributed by atoms with Crippen molar-refractivity contribution in [3.8, 4) is 0 Å². The van der Waals surface area contributed by atoms with Crippen molar-refractivity contribution in [3.63, 3.8) is 0 Å². The Morgan fingerprint density at radius 1 is 1.11 bits per heavy atom. The molecule has 88 valence electrons. The maximum Gasteiger partial charge on any atom is 0.135 e. The summed E-state index contributed by atoms with van der Waals surface area (Å²) in [5, 5.41) is 4.00. The molecule has 0 saturated heterocycles. The topological polar surface area (TPSA) is 13.1 Å². The van der Waals surface area contributed by atoms with E-state index in [1.807, 2.05) is 6.26 Å². The van der Waals surface area contributed by atoms with E-state index < -0.39 is 0 Å². The van der Waals surface area contributed by atoms with E-state index in [-0.39, 0.29) is 0 Å². The van der Waals surface area contributed by atoms with E-state index in [0.29, 0.717) is 0 Å². The fraction of sp³-hybridized carbons (Fsp3) is 0.176. The number of allylic oxidation sites excluding steroid dienone is 2. The summed E-state index contributed by atoms with van der Waals surface area (Å²) >= 11 is 0.